The highest BCUT2D eigenvalue weighted by Crippen LogP contribution is 2.65. The summed E-state index contributed by atoms with van der Waals surface area (Å²) in [6, 6.07) is 72.4. The molecule has 0 unspecified atom stereocenters. The summed E-state index contributed by atoms with van der Waals surface area (Å²) in [4.78, 5) is 4.82. The van der Waals surface area contributed by atoms with Gasteiger partial charge in [0.1, 0.15) is 0 Å². The van der Waals surface area contributed by atoms with Gasteiger partial charge in [-0.1, -0.05) is 170 Å². The first-order chi connectivity index (χ1) is 31.3. The van der Waals surface area contributed by atoms with E-state index in [1.165, 1.54) is 101 Å². The first kappa shape index (κ1) is 37.1. The van der Waals surface area contributed by atoms with Gasteiger partial charge in [0.05, 0.1) is 5.41 Å². The van der Waals surface area contributed by atoms with Crippen LogP contribution in [0.1, 0.15) is 47.9 Å². The molecule has 0 fully saturated rings. The van der Waals surface area contributed by atoms with Crippen LogP contribution in [-0.2, 0) is 5.41 Å². The Kier molecular flexibility index (Phi) is 9.04. The number of para-hydroxylation sites is 2. The van der Waals surface area contributed by atoms with Crippen molar-refractivity contribution in [2.45, 2.75) is 31.1 Å². The number of anilines is 4. The SMILES string of the molecule is C1=CCCC(N(c2ccccc2)c2ccc(-c3cccc4c3-c3ccccc3C43c4ccccc4-c4c(-c5ccc(N(C6=CC=CCC6)c6ccccc6)cc5)cccc43)cc2)=C1. The highest BCUT2D eigenvalue weighted by Gasteiger charge is 2.52. The van der Waals surface area contributed by atoms with Crippen LogP contribution < -0.4 is 9.80 Å². The van der Waals surface area contributed by atoms with Crippen LogP contribution in [-0.4, -0.2) is 0 Å². The lowest BCUT2D eigenvalue weighted by Crippen LogP contribution is -2.25. The normalized spacial score (nSPS) is 14.9. The minimum Gasteiger partial charge on any atom is -0.314 e. The van der Waals surface area contributed by atoms with Gasteiger partial charge in [0.15, 0.2) is 0 Å². The Bertz CT molecular complexity index is 2930. The van der Waals surface area contributed by atoms with Crippen molar-refractivity contribution < 1.29 is 0 Å². The smallest absolute Gasteiger partial charge is 0.0725 e. The Hall–Kier alpha value is -7.68. The Morgan fingerprint density at radius 3 is 1.10 bits per heavy atom. The van der Waals surface area contributed by atoms with Gasteiger partial charge in [-0.2, -0.15) is 0 Å². The first-order valence-corrected chi connectivity index (χ1v) is 22.4. The van der Waals surface area contributed by atoms with Crippen molar-refractivity contribution in [3.8, 4) is 44.5 Å². The fourth-order valence-electron chi connectivity index (χ4n) is 11.0. The average Bonchev–Trinajstić information content (AvgIpc) is 3.84. The molecule has 63 heavy (non-hydrogen) atoms. The zero-order chi connectivity index (χ0) is 41.7. The highest BCUT2D eigenvalue weighted by molar-refractivity contribution is 6.03. The fraction of sp³-hybridized carbons (Fsp3) is 0.0820. The molecule has 4 aliphatic carbocycles. The number of benzene rings is 8. The van der Waals surface area contributed by atoms with Gasteiger partial charge in [0, 0.05) is 34.1 Å². The molecule has 0 atom stereocenters. The van der Waals surface area contributed by atoms with Crippen LogP contribution in [0.15, 0.2) is 242 Å². The summed E-state index contributed by atoms with van der Waals surface area (Å²) in [7, 11) is 0. The molecule has 0 saturated carbocycles. The van der Waals surface area contributed by atoms with E-state index >= 15 is 0 Å². The summed E-state index contributed by atoms with van der Waals surface area (Å²) < 4.78 is 0. The quantitative estimate of drug-likeness (QED) is 0.151. The zero-order valence-corrected chi connectivity index (χ0v) is 35.2. The van der Waals surface area contributed by atoms with Crippen LogP contribution in [0.4, 0.5) is 22.7 Å². The molecule has 12 rings (SSSR count). The van der Waals surface area contributed by atoms with E-state index in [9.17, 15) is 0 Å². The summed E-state index contributed by atoms with van der Waals surface area (Å²) in [5.74, 6) is 0. The maximum absolute atomic E-state index is 2.41. The molecule has 2 nitrogen and oxygen atoms in total. The van der Waals surface area contributed by atoms with Gasteiger partial charge in [0.2, 0.25) is 0 Å². The van der Waals surface area contributed by atoms with Gasteiger partial charge < -0.3 is 9.80 Å². The summed E-state index contributed by atoms with van der Waals surface area (Å²) >= 11 is 0. The maximum Gasteiger partial charge on any atom is 0.0725 e. The number of allylic oxidation sites excluding steroid dienone is 8. The lowest BCUT2D eigenvalue weighted by atomic mass is 9.70. The van der Waals surface area contributed by atoms with Gasteiger partial charge in [-0.25, -0.2) is 0 Å². The second-order valence-electron chi connectivity index (χ2n) is 17.0. The molecule has 1 spiro atoms. The Labute approximate surface area is 370 Å². The Morgan fingerprint density at radius 1 is 0.317 bits per heavy atom. The zero-order valence-electron chi connectivity index (χ0n) is 35.2. The number of hydrogen-bond acceptors (Lipinski definition) is 2. The second-order valence-corrected chi connectivity index (χ2v) is 17.0. The molecular formula is C61H46N2. The summed E-state index contributed by atoms with van der Waals surface area (Å²) in [6.45, 7) is 0. The molecule has 0 saturated heterocycles. The molecule has 0 bridgehead atoms. The molecule has 0 amide bonds. The minimum atomic E-state index is -0.458. The van der Waals surface area contributed by atoms with Crippen LogP contribution in [0.5, 0.6) is 0 Å². The van der Waals surface area contributed by atoms with Gasteiger partial charge in [-0.15, -0.1) is 0 Å². The van der Waals surface area contributed by atoms with E-state index in [4.69, 9.17) is 0 Å². The minimum absolute atomic E-state index is 0.458. The largest absolute Gasteiger partial charge is 0.314 e. The molecule has 2 heteroatoms. The first-order valence-electron chi connectivity index (χ1n) is 22.4. The lowest BCUT2D eigenvalue weighted by Gasteiger charge is -2.31. The average molecular weight is 807 g/mol. The van der Waals surface area contributed by atoms with Gasteiger partial charge >= 0.3 is 0 Å². The predicted molar refractivity (Wildman–Crippen MR) is 264 cm³/mol. The van der Waals surface area contributed by atoms with Crippen molar-refractivity contribution in [1.29, 1.82) is 0 Å². The fourth-order valence-corrected chi connectivity index (χ4v) is 11.0. The van der Waals surface area contributed by atoms with Crippen LogP contribution >= 0.6 is 0 Å². The van der Waals surface area contributed by atoms with E-state index in [1.54, 1.807) is 0 Å². The van der Waals surface area contributed by atoms with E-state index in [2.05, 4.69) is 240 Å². The topological polar surface area (TPSA) is 6.48 Å². The van der Waals surface area contributed by atoms with E-state index in [0.29, 0.717) is 0 Å². The Balaban J connectivity index is 0.989. The molecule has 0 radical (unpaired) electrons. The van der Waals surface area contributed by atoms with E-state index < -0.39 is 5.41 Å². The molecule has 0 N–H and O–H groups in total. The third-order valence-electron chi connectivity index (χ3n) is 13.6. The van der Waals surface area contributed by atoms with Crippen LogP contribution in [0.3, 0.4) is 0 Å². The van der Waals surface area contributed by atoms with Crippen molar-refractivity contribution in [2.75, 3.05) is 9.80 Å². The predicted octanol–water partition coefficient (Wildman–Crippen LogP) is 16.1. The number of rotatable bonds is 8. The van der Waals surface area contributed by atoms with E-state index in [1.807, 2.05) is 0 Å². The van der Waals surface area contributed by atoms with Crippen LogP contribution in [0.2, 0.25) is 0 Å². The van der Waals surface area contributed by atoms with Crippen LogP contribution in [0.25, 0.3) is 44.5 Å². The molecule has 0 aromatic heterocycles. The standard InChI is InChI=1S/C61H46N2/c1-5-19-45(20-6-1)62(46-21-7-2-8-22-46)49-39-35-43(36-40-49)51-29-17-33-57-59(51)53-27-13-15-31-55(53)61(57)56-32-16-14-28-54(56)60-52(30-18-34-58(60)61)44-37-41-50(42-38-44)63(47-23-9-3-10-24-47)48-25-11-4-12-26-48/h1-7,9-11,13-21,23-25,27-42H,8,12,22,26H2. The number of fused-ring (bicyclic) bond motifs is 10. The highest BCUT2D eigenvalue weighted by atomic mass is 15.2. The van der Waals surface area contributed by atoms with Crippen molar-refractivity contribution in [1.82, 2.24) is 0 Å². The van der Waals surface area contributed by atoms with E-state index in [0.717, 1.165) is 25.7 Å². The molecule has 8 aromatic rings. The van der Waals surface area contributed by atoms with Crippen molar-refractivity contribution in [3.63, 3.8) is 0 Å². The molecule has 0 heterocycles. The van der Waals surface area contributed by atoms with Crippen molar-refractivity contribution >= 4 is 22.7 Å². The monoisotopic (exact) mass is 806 g/mol. The van der Waals surface area contributed by atoms with Crippen LogP contribution in [0, 0.1) is 0 Å². The summed E-state index contributed by atoms with van der Waals surface area (Å²) in [5.41, 5.74) is 22.5. The van der Waals surface area contributed by atoms with Gasteiger partial charge in [-0.05, 0) is 153 Å². The summed E-state index contributed by atoms with van der Waals surface area (Å²) in [6.07, 6.45) is 17.5. The van der Waals surface area contributed by atoms with Gasteiger partial charge in [-0.3, -0.25) is 0 Å². The molecule has 300 valence electrons. The second kappa shape index (κ2) is 15.3. The van der Waals surface area contributed by atoms with Crippen molar-refractivity contribution in [3.05, 3.63) is 264 Å². The molecule has 8 aromatic carbocycles. The summed E-state index contributed by atoms with van der Waals surface area (Å²) in [5, 5.41) is 0. The maximum atomic E-state index is 2.41. The van der Waals surface area contributed by atoms with Crippen molar-refractivity contribution in [2.24, 2.45) is 0 Å². The molecule has 0 aliphatic heterocycles. The Morgan fingerprint density at radius 2 is 0.683 bits per heavy atom. The molecular weight excluding hydrogens is 761 g/mol. The third-order valence-corrected chi connectivity index (χ3v) is 13.6. The van der Waals surface area contributed by atoms with Gasteiger partial charge in [0.25, 0.3) is 0 Å². The van der Waals surface area contributed by atoms with E-state index in [-0.39, 0.29) is 0 Å². The lowest BCUT2D eigenvalue weighted by molar-refractivity contribution is 0.794. The third kappa shape index (κ3) is 5.93. The number of hydrogen-bond donors (Lipinski definition) is 0. The number of nitrogens with zero attached hydrogens (tertiary/aromatic N) is 2. The molecule has 4 aliphatic rings.